The molecule has 0 aliphatic carbocycles. The summed E-state index contributed by atoms with van der Waals surface area (Å²) >= 11 is 9.06. The van der Waals surface area contributed by atoms with Gasteiger partial charge < -0.3 is 4.74 Å². The number of nitrogens with zero attached hydrogens (tertiary/aromatic N) is 3. The number of hydrogen-bond donors (Lipinski definition) is 0. The Bertz CT molecular complexity index is 694. The Balaban J connectivity index is 2.50. The summed E-state index contributed by atoms with van der Waals surface area (Å²) < 4.78 is 6.40. The topological polar surface area (TPSA) is 78.2 Å². The van der Waals surface area contributed by atoms with Crippen LogP contribution in [0.4, 0.5) is 5.69 Å². The smallest absolute Gasteiger partial charge is 0.352 e. The van der Waals surface area contributed by atoms with Crippen molar-refractivity contribution < 1.29 is 9.66 Å². The first-order valence-corrected chi connectivity index (χ1v) is 6.68. The lowest BCUT2D eigenvalue weighted by atomic mass is 10.2. The Morgan fingerprint density at radius 3 is 2.65 bits per heavy atom. The van der Waals surface area contributed by atoms with Gasteiger partial charge in [-0.05, 0) is 49.2 Å². The van der Waals surface area contributed by atoms with E-state index in [-0.39, 0.29) is 22.5 Å². The van der Waals surface area contributed by atoms with Crippen LogP contribution in [-0.2, 0) is 0 Å². The number of halogens is 2. The van der Waals surface area contributed by atoms with Crippen LogP contribution >= 0.6 is 27.5 Å². The third kappa shape index (κ3) is 3.05. The minimum atomic E-state index is -0.588. The lowest BCUT2D eigenvalue weighted by Crippen LogP contribution is -2.02. The Hall–Kier alpha value is -1.73. The summed E-state index contributed by atoms with van der Waals surface area (Å²) in [6, 6.07) is 5.29. The van der Waals surface area contributed by atoms with Crippen molar-refractivity contribution in [3.63, 3.8) is 0 Å². The first-order chi connectivity index (χ1) is 9.38. The van der Waals surface area contributed by atoms with Crippen LogP contribution in [0, 0.1) is 24.0 Å². The van der Waals surface area contributed by atoms with E-state index < -0.39 is 4.92 Å². The molecule has 0 amide bonds. The quantitative estimate of drug-likeness (QED) is 0.466. The van der Waals surface area contributed by atoms with Gasteiger partial charge in [-0.25, -0.2) is 4.98 Å². The molecule has 0 aliphatic rings. The maximum Gasteiger partial charge on any atom is 0.352 e. The molecule has 0 spiro atoms. The highest BCUT2D eigenvalue weighted by Crippen LogP contribution is 2.34. The molecule has 2 rings (SSSR count). The highest BCUT2D eigenvalue weighted by molar-refractivity contribution is 9.10. The van der Waals surface area contributed by atoms with Crippen molar-refractivity contribution >= 4 is 33.2 Å². The molecule has 6 nitrogen and oxygen atoms in total. The van der Waals surface area contributed by atoms with Crippen LogP contribution < -0.4 is 4.74 Å². The summed E-state index contributed by atoms with van der Waals surface area (Å²) in [5, 5.41) is 11.0. The SMILES string of the molecule is Cc1cc(Br)ccc1Oc1nc(Cl)nc(C)c1[N+](=O)[O-]. The molecule has 1 heterocycles. The van der Waals surface area contributed by atoms with Crippen LogP contribution in [0.2, 0.25) is 5.28 Å². The van der Waals surface area contributed by atoms with E-state index in [1.807, 2.05) is 13.0 Å². The van der Waals surface area contributed by atoms with Gasteiger partial charge in [0, 0.05) is 4.47 Å². The lowest BCUT2D eigenvalue weighted by molar-refractivity contribution is -0.386. The van der Waals surface area contributed by atoms with Gasteiger partial charge in [0.05, 0.1) is 4.92 Å². The zero-order chi connectivity index (χ0) is 14.9. The van der Waals surface area contributed by atoms with E-state index in [0.29, 0.717) is 5.75 Å². The van der Waals surface area contributed by atoms with Gasteiger partial charge in [-0.2, -0.15) is 4.98 Å². The number of aromatic nitrogens is 2. The number of nitro groups is 1. The summed E-state index contributed by atoms with van der Waals surface area (Å²) in [6.07, 6.45) is 0. The van der Waals surface area contributed by atoms with Gasteiger partial charge in [-0.15, -0.1) is 0 Å². The zero-order valence-electron chi connectivity index (χ0n) is 10.6. The molecule has 0 fully saturated rings. The molecule has 2 aromatic rings. The van der Waals surface area contributed by atoms with Crippen LogP contribution in [0.25, 0.3) is 0 Å². The van der Waals surface area contributed by atoms with Crippen molar-refractivity contribution in [2.75, 3.05) is 0 Å². The molecule has 0 atom stereocenters. The van der Waals surface area contributed by atoms with Crippen molar-refractivity contribution in [1.29, 1.82) is 0 Å². The fourth-order valence-corrected chi connectivity index (χ4v) is 2.30. The first-order valence-electron chi connectivity index (χ1n) is 5.51. The fourth-order valence-electron chi connectivity index (χ4n) is 1.62. The monoisotopic (exact) mass is 357 g/mol. The van der Waals surface area contributed by atoms with Gasteiger partial charge in [0.1, 0.15) is 11.4 Å². The molecule has 1 aromatic heterocycles. The Labute approximate surface area is 128 Å². The average Bonchev–Trinajstić information content (AvgIpc) is 2.31. The molecule has 1 aromatic carbocycles. The second kappa shape index (κ2) is 5.72. The fraction of sp³-hybridized carbons (Fsp3) is 0.167. The summed E-state index contributed by atoms with van der Waals surface area (Å²) in [5.41, 5.74) is 0.664. The average molecular weight is 359 g/mol. The zero-order valence-corrected chi connectivity index (χ0v) is 12.9. The predicted molar refractivity (Wildman–Crippen MR) is 77.4 cm³/mol. The molecule has 0 N–H and O–H groups in total. The van der Waals surface area contributed by atoms with Gasteiger partial charge in [0.2, 0.25) is 5.28 Å². The molecule has 0 radical (unpaired) electrons. The Morgan fingerprint density at radius 2 is 2.05 bits per heavy atom. The predicted octanol–water partition coefficient (Wildman–Crippen LogP) is 4.21. The molecule has 20 heavy (non-hydrogen) atoms. The summed E-state index contributed by atoms with van der Waals surface area (Å²) in [7, 11) is 0. The number of ether oxygens (including phenoxy) is 1. The van der Waals surface area contributed by atoms with Gasteiger partial charge >= 0.3 is 11.6 Å². The third-order valence-electron chi connectivity index (χ3n) is 2.53. The lowest BCUT2D eigenvalue weighted by Gasteiger charge is -2.09. The molecule has 0 unspecified atom stereocenters. The maximum absolute atomic E-state index is 11.1. The number of benzene rings is 1. The van der Waals surface area contributed by atoms with E-state index in [0.717, 1.165) is 10.0 Å². The van der Waals surface area contributed by atoms with Crippen LogP contribution in [0.15, 0.2) is 22.7 Å². The van der Waals surface area contributed by atoms with Gasteiger partial charge in [-0.3, -0.25) is 10.1 Å². The van der Waals surface area contributed by atoms with Gasteiger partial charge in [0.15, 0.2) is 0 Å². The van der Waals surface area contributed by atoms with Crippen LogP contribution in [0.3, 0.4) is 0 Å². The van der Waals surface area contributed by atoms with Crippen LogP contribution in [0.1, 0.15) is 11.3 Å². The van der Waals surface area contributed by atoms with Crippen molar-refractivity contribution in [3.05, 3.63) is 49.3 Å². The van der Waals surface area contributed by atoms with Crippen molar-refractivity contribution in [2.45, 2.75) is 13.8 Å². The standard InChI is InChI=1S/C12H9BrClN3O3/c1-6-5-8(13)3-4-9(6)20-11-10(17(18)19)7(2)15-12(14)16-11/h3-5H,1-2H3. The summed E-state index contributed by atoms with van der Waals surface area (Å²) in [4.78, 5) is 18.0. The van der Waals surface area contributed by atoms with Gasteiger partial charge in [-0.1, -0.05) is 15.9 Å². The molecular weight excluding hydrogens is 350 g/mol. The molecule has 8 heteroatoms. The van der Waals surface area contributed by atoms with Crippen LogP contribution in [0.5, 0.6) is 11.6 Å². The highest BCUT2D eigenvalue weighted by atomic mass is 79.9. The second-order valence-electron chi connectivity index (χ2n) is 4.00. The van der Waals surface area contributed by atoms with Crippen molar-refractivity contribution in [3.8, 4) is 11.6 Å². The first kappa shape index (κ1) is 14.7. The largest absolute Gasteiger partial charge is 0.433 e. The summed E-state index contributed by atoms with van der Waals surface area (Å²) in [6.45, 7) is 3.30. The second-order valence-corrected chi connectivity index (χ2v) is 5.25. The third-order valence-corrected chi connectivity index (χ3v) is 3.19. The molecule has 0 aliphatic heterocycles. The van der Waals surface area contributed by atoms with E-state index in [1.54, 1.807) is 12.1 Å². The molecule has 0 saturated heterocycles. The van der Waals surface area contributed by atoms with E-state index in [2.05, 4.69) is 25.9 Å². The molecular formula is C12H9BrClN3O3. The van der Waals surface area contributed by atoms with E-state index >= 15 is 0 Å². The van der Waals surface area contributed by atoms with Crippen molar-refractivity contribution in [1.82, 2.24) is 9.97 Å². The Kier molecular flexibility index (Phi) is 4.20. The number of rotatable bonds is 3. The van der Waals surface area contributed by atoms with Crippen LogP contribution in [-0.4, -0.2) is 14.9 Å². The molecule has 104 valence electrons. The maximum atomic E-state index is 11.1. The van der Waals surface area contributed by atoms with E-state index in [9.17, 15) is 10.1 Å². The van der Waals surface area contributed by atoms with Gasteiger partial charge in [0.25, 0.3) is 0 Å². The molecule has 0 bridgehead atoms. The minimum Gasteiger partial charge on any atom is -0.433 e. The minimum absolute atomic E-state index is 0.0992. The summed E-state index contributed by atoms with van der Waals surface area (Å²) in [5.74, 6) is 0.295. The van der Waals surface area contributed by atoms with Crippen molar-refractivity contribution in [2.24, 2.45) is 0 Å². The normalized spacial score (nSPS) is 10.4. The molecule has 0 saturated carbocycles. The highest BCUT2D eigenvalue weighted by Gasteiger charge is 2.24. The number of aryl methyl sites for hydroxylation is 2. The van der Waals surface area contributed by atoms with E-state index in [4.69, 9.17) is 16.3 Å². The Morgan fingerprint density at radius 1 is 1.35 bits per heavy atom. The number of hydrogen-bond acceptors (Lipinski definition) is 5. The van der Waals surface area contributed by atoms with E-state index in [1.165, 1.54) is 6.92 Å².